The zero-order chi connectivity index (χ0) is 20.8. The van der Waals surface area contributed by atoms with E-state index in [9.17, 15) is 4.79 Å². The van der Waals surface area contributed by atoms with Gasteiger partial charge < -0.3 is 10.1 Å². The molecule has 1 N–H and O–H groups in total. The van der Waals surface area contributed by atoms with Crippen molar-refractivity contribution in [1.29, 1.82) is 0 Å². The zero-order valence-corrected chi connectivity index (χ0v) is 18.0. The Kier molecular flexibility index (Phi) is 6.60. The van der Waals surface area contributed by atoms with Gasteiger partial charge in [0, 0.05) is 16.8 Å². The quantitative estimate of drug-likeness (QED) is 0.486. The van der Waals surface area contributed by atoms with Gasteiger partial charge in [0.2, 0.25) is 0 Å². The lowest BCUT2D eigenvalue weighted by Gasteiger charge is -2.12. The molecule has 3 aromatic rings. The predicted octanol–water partition coefficient (Wildman–Crippen LogP) is 6.42. The predicted molar refractivity (Wildman–Crippen MR) is 125 cm³/mol. The number of benzene rings is 2. The number of anilines is 1. The van der Waals surface area contributed by atoms with Crippen LogP contribution < -0.4 is 10.1 Å². The lowest BCUT2D eigenvalue weighted by Crippen LogP contribution is -2.14. The van der Waals surface area contributed by atoms with Crippen LogP contribution in [-0.4, -0.2) is 19.2 Å². The molecule has 30 heavy (non-hydrogen) atoms. The number of hydrogen-bond donors (Lipinski definition) is 1. The number of nitrogens with zero attached hydrogens (tertiary/aromatic N) is 1. The van der Waals surface area contributed by atoms with Gasteiger partial charge in [0.1, 0.15) is 10.8 Å². The molecule has 0 spiro atoms. The Bertz CT molecular complexity index is 1020. The second-order valence-electron chi connectivity index (χ2n) is 7.45. The maximum absolute atomic E-state index is 13.3. The summed E-state index contributed by atoms with van der Waals surface area (Å²) in [5.74, 6) is 0.746. The van der Waals surface area contributed by atoms with E-state index in [4.69, 9.17) is 9.73 Å². The SMILES string of the molecule is COc1ccc(C=Nc2sc3c(c2C(=O)Nc2ccccc2)CCCCCC3)cc1. The van der Waals surface area contributed by atoms with E-state index in [1.54, 1.807) is 18.4 Å². The molecule has 1 aliphatic carbocycles. The number of thiophene rings is 1. The maximum atomic E-state index is 13.3. The number of rotatable bonds is 5. The highest BCUT2D eigenvalue weighted by molar-refractivity contribution is 7.16. The van der Waals surface area contributed by atoms with Crippen LogP contribution in [0.3, 0.4) is 0 Å². The van der Waals surface area contributed by atoms with Crippen LogP contribution in [0.15, 0.2) is 59.6 Å². The first-order valence-electron chi connectivity index (χ1n) is 10.4. The van der Waals surface area contributed by atoms with Crippen molar-refractivity contribution in [2.24, 2.45) is 4.99 Å². The van der Waals surface area contributed by atoms with Crippen molar-refractivity contribution in [2.75, 3.05) is 12.4 Å². The van der Waals surface area contributed by atoms with Crippen LogP contribution in [0.4, 0.5) is 10.7 Å². The van der Waals surface area contributed by atoms with Gasteiger partial charge in [-0.05, 0) is 73.2 Å². The molecule has 0 saturated heterocycles. The highest BCUT2D eigenvalue weighted by Gasteiger charge is 2.24. The van der Waals surface area contributed by atoms with Gasteiger partial charge in [-0.1, -0.05) is 31.0 Å². The molecule has 0 atom stereocenters. The number of para-hydroxylation sites is 1. The third-order valence-electron chi connectivity index (χ3n) is 5.36. The molecule has 0 bridgehead atoms. The van der Waals surface area contributed by atoms with Crippen molar-refractivity contribution in [3.8, 4) is 5.75 Å². The Hall–Kier alpha value is -2.92. The summed E-state index contributed by atoms with van der Waals surface area (Å²) in [7, 11) is 1.65. The number of carbonyl (C=O) groups excluding carboxylic acids is 1. The van der Waals surface area contributed by atoms with Crippen molar-refractivity contribution in [3.63, 3.8) is 0 Å². The van der Waals surface area contributed by atoms with E-state index >= 15 is 0 Å². The smallest absolute Gasteiger partial charge is 0.259 e. The molecular weight excluding hydrogens is 392 g/mol. The highest BCUT2D eigenvalue weighted by Crippen LogP contribution is 2.39. The minimum absolute atomic E-state index is 0.0684. The Morgan fingerprint density at radius 2 is 1.73 bits per heavy atom. The van der Waals surface area contributed by atoms with Gasteiger partial charge in [-0.25, -0.2) is 4.99 Å². The number of amides is 1. The van der Waals surface area contributed by atoms with E-state index in [1.807, 2.05) is 60.8 Å². The largest absolute Gasteiger partial charge is 0.497 e. The van der Waals surface area contributed by atoms with E-state index in [2.05, 4.69) is 5.32 Å². The average molecular weight is 419 g/mol. The Morgan fingerprint density at radius 3 is 2.47 bits per heavy atom. The summed E-state index contributed by atoms with van der Waals surface area (Å²) in [5.41, 5.74) is 3.71. The fourth-order valence-corrected chi connectivity index (χ4v) is 5.00. The number of carbonyl (C=O) groups is 1. The topological polar surface area (TPSA) is 50.7 Å². The standard InChI is InChI=1S/C25H26N2O2S/c1-29-20-15-13-18(14-16-20)17-26-25-23(24(28)27-19-9-5-4-6-10-19)21-11-7-2-3-8-12-22(21)30-25/h4-6,9-10,13-17H,2-3,7-8,11-12H2,1H3,(H,27,28). The van der Waals surface area contributed by atoms with Gasteiger partial charge in [0.25, 0.3) is 5.91 Å². The second-order valence-corrected chi connectivity index (χ2v) is 8.53. The molecular formula is C25H26N2O2S. The Morgan fingerprint density at radius 1 is 1.00 bits per heavy atom. The fourth-order valence-electron chi connectivity index (χ4n) is 3.77. The van der Waals surface area contributed by atoms with Gasteiger partial charge in [-0.3, -0.25) is 4.79 Å². The molecule has 4 rings (SSSR count). The third kappa shape index (κ3) is 4.79. The molecule has 1 heterocycles. The monoisotopic (exact) mass is 418 g/mol. The van der Waals surface area contributed by atoms with Crippen molar-refractivity contribution < 1.29 is 9.53 Å². The highest BCUT2D eigenvalue weighted by atomic mass is 32.1. The number of aliphatic imine (C=N–C) groups is 1. The summed E-state index contributed by atoms with van der Waals surface area (Å²) in [6, 6.07) is 17.4. The van der Waals surface area contributed by atoms with Crippen molar-refractivity contribution in [1.82, 2.24) is 0 Å². The van der Waals surface area contributed by atoms with E-state index in [0.717, 1.165) is 46.8 Å². The van der Waals surface area contributed by atoms with Crippen LogP contribution in [0, 0.1) is 0 Å². The van der Waals surface area contributed by atoms with Crippen LogP contribution in [0.2, 0.25) is 0 Å². The Labute approximate surface area is 181 Å². The molecule has 0 fully saturated rings. The van der Waals surface area contributed by atoms with Gasteiger partial charge in [0.15, 0.2) is 0 Å². The molecule has 5 heteroatoms. The van der Waals surface area contributed by atoms with Crippen LogP contribution >= 0.6 is 11.3 Å². The first-order valence-corrected chi connectivity index (χ1v) is 11.3. The van der Waals surface area contributed by atoms with E-state index in [1.165, 1.54) is 29.7 Å². The minimum Gasteiger partial charge on any atom is -0.497 e. The molecule has 154 valence electrons. The molecule has 1 aromatic heterocycles. The number of nitrogens with one attached hydrogen (secondary N) is 1. The second kappa shape index (κ2) is 9.72. The zero-order valence-electron chi connectivity index (χ0n) is 17.2. The van der Waals surface area contributed by atoms with Crippen LogP contribution in [0.5, 0.6) is 5.75 Å². The molecule has 2 aromatic carbocycles. The molecule has 0 saturated carbocycles. The molecule has 0 radical (unpaired) electrons. The third-order valence-corrected chi connectivity index (χ3v) is 6.56. The first kappa shape index (κ1) is 20.4. The van der Waals surface area contributed by atoms with Crippen molar-refractivity contribution >= 4 is 34.1 Å². The fraction of sp³-hybridized carbons (Fsp3) is 0.280. The molecule has 1 aliphatic rings. The lowest BCUT2D eigenvalue weighted by atomic mass is 9.96. The summed E-state index contributed by atoms with van der Waals surface area (Å²) < 4.78 is 5.22. The molecule has 1 amide bonds. The molecule has 4 nitrogen and oxygen atoms in total. The van der Waals surface area contributed by atoms with Gasteiger partial charge in [-0.15, -0.1) is 11.3 Å². The number of methoxy groups -OCH3 is 1. The summed E-state index contributed by atoms with van der Waals surface area (Å²) in [4.78, 5) is 19.3. The van der Waals surface area contributed by atoms with Crippen LogP contribution in [-0.2, 0) is 12.8 Å². The van der Waals surface area contributed by atoms with Crippen LogP contribution in [0.25, 0.3) is 0 Å². The first-order chi connectivity index (χ1) is 14.7. The Balaban J connectivity index is 1.68. The van der Waals surface area contributed by atoms with Gasteiger partial charge >= 0.3 is 0 Å². The molecule has 0 aliphatic heterocycles. The number of fused-ring (bicyclic) bond motifs is 1. The van der Waals surface area contributed by atoms with Crippen LogP contribution in [0.1, 0.15) is 52.0 Å². The number of aryl methyl sites for hydroxylation is 1. The summed E-state index contributed by atoms with van der Waals surface area (Å²) in [5, 5.41) is 3.86. The normalized spacial score (nSPS) is 14.0. The van der Waals surface area contributed by atoms with Crippen molar-refractivity contribution in [2.45, 2.75) is 38.5 Å². The maximum Gasteiger partial charge on any atom is 0.259 e. The summed E-state index contributed by atoms with van der Waals surface area (Å²) in [6.07, 6.45) is 8.58. The summed E-state index contributed by atoms with van der Waals surface area (Å²) >= 11 is 1.67. The van der Waals surface area contributed by atoms with E-state index in [0.29, 0.717) is 0 Å². The molecule has 0 unspecified atom stereocenters. The van der Waals surface area contributed by atoms with Gasteiger partial charge in [0.05, 0.1) is 12.7 Å². The number of hydrogen-bond acceptors (Lipinski definition) is 4. The average Bonchev–Trinajstić information content (AvgIpc) is 3.09. The summed E-state index contributed by atoms with van der Waals surface area (Å²) in [6.45, 7) is 0. The van der Waals surface area contributed by atoms with E-state index in [-0.39, 0.29) is 5.91 Å². The van der Waals surface area contributed by atoms with Gasteiger partial charge in [-0.2, -0.15) is 0 Å². The minimum atomic E-state index is -0.0684. The van der Waals surface area contributed by atoms with Crippen molar-refractivity contribution in [3.05, 3.63) is 76.2 Å². The lowest BCUT2D eigenvalue weighted by molar-refractivity contribution is 0.102. The van der Waals surface area contributed by atoms with E-state index < -0.39 is 0 Å². The number of ether oxygens (including phenoxy) is 1.